The summed E-state index contributed by atoms with van der Waals surface area (Å²) in [6.45, 7) is 2.50. The smallest absolute Gasteiger partial charge is 0.317 e. The molecule has 5 nitrogen and oxygen atoms in total. The van der Waals surface area contributed by atoms with Crippen molar-refractivity contribution >= 4 is 6.03 Å². The van der Waals surface area contributed by atoms with Crippen molar-refractivity contribution in [3.05, 3.63) is 29.3 Å². The predicted octanol–water partition coefficient (Wildman–Crippen LogP) is 1.80. The van der Waals surface area contributed by atoms with Crippen molar-refractivity contribution in [3.8, 4) is 5.75 Å². The predicted molar refractivity (Wildman–Crippen MR) is 77.0 cm³/mol. The van der Waals surface area contributed by atoms with E-state index >= 15 is 0 Å². The maximum Gasteiger partial charge on any atom is 0.317 e. The summed E-state index contributed by atoms with van der Waals surface area (Å²) in [7, 11) is 3.30. The summed E-state index contributed by atoms with van der Waals surface area (Å²) in [6, 6.07) is 6.05. The molecule has 5 heteroatoms. The Morgan fingerprint density at radius 2 is 2.20 bits per heavy atom. The lowest BCUT2D eigenvalue weighted by molar-refractivity contribution is 0.178. The van der Waals surface area contributed by atoms with Crippen molar-refractivity contribution in [2.75, 3.05) is 33.9 Å². The van der Waals surface area contributed by atoms with Gasteiger partial charge in [0, 0.05) is 26.7 Å². The standard InChI is InChI=1S/C15H22N2O3/c1-19-9-7-16-15(18)17-8-3-4-12-10-14(20-2)6-5-13(12)11-17/h5-6,10H,3-4,7-9,11H2,1-2H3,(H,16,18). The lowest BCUT2D eigenvalue weighted by Crippen LogP contribution is -2.40. The second kappa shape index (κ2) is 7.14. The number of carbonyl (C=O) groups is 1. The molecule has 0 saturated carbocycles. The number of aryl methyl sites for hydroxylation is 1. The maximum absolute atomic E-state index is 12.1. The maximum atomic E-state index is 12.1. The van der Waals surface area contributed by atoms with Crippen molar-refractivity contribution in [1.82, 2.24) is 10.2 Å². The Hall–Kier alpha value is -1.75. The molecule has 0 aliphatic carbocycles. The minimum absolute atomic E-state index is 0.0225. The highest BCUT2D eigenvalue weighted by Gasteiger charge is 2.18. The van der Waals surface area contributed by atoms with Gasteiger partial charge >= 0.3 is 6.03 Å². The molecule has 20 heavy (non-hydrogen) atoms. The molecule has 0 spiro atoms. The molecule has 1 N–H and O–H groups in total. The number of hydrogen-bond donors (Lipinski definition) is 1. The van der Waals surface area contributed by atoms with E-state index in [-0.39, 0.29) is 6.03 Å². The quantitative estimate of drug-likeness (QED) is 0.854. The first-order valence-electron chi connectivity index (χ1n) is 6.92. The van der Waals surface area contributed by atoms with Crippen molar-refractivity contribution in [2.45, 2.75) is 19.4 Å². The Morgan fingerprint density at radius 1 is 1.35 bits per heavy atom. The Morgan fingerprint density at radius 3 is 2.95 bits per heavy atom. The summed E-state index contributed by atoms with van der Waals surface area (Å²) in [4.78, 5) is 13.9. The van der Waals surface area contributed by atoms with Gasteiger partial charge in [0.05, 0.1) is 13.7 Å². The van der Waals surface area contributed by atoms with Crippen LogP contribution in [0.15, 0.2) is 18.2 Å². The van der Waals surface area contributed by atoms with Crippen LogP contribution in [0.3, 0.4) is 0 Å². The van der Waals surface area contributed by atoms with E-state index in [0.29, 0.717) is 19.7 Å². The summed E-state index contributed by atoms with van der Waals surface area (Å²) < 4.78 is 10.2. The molecule has 1 aromatic rings. The first-order chi connectivity index (χ1) is 9.74. The topological polar surface area (TPSA) is 50.8 Å². The number of fused-ring (bicyclic) bond motifs is 1. The highest BCUT2D eigenvalue weighted by Crippen LogP contribution is 2.23. The van der Waals surface area contributed by atoms with Crippen LogP contribution in [0.5, 0.6) is 5.75 Å². The van der Waals surface area contributed by atoms with Gasteiger partial charge in [0.2, 0.25) is 0 Å². The molecule has 0 saturated heterocycles. The van der Waals surface area contributed by atoms with Gasteiger partial charge < -0.3 is 19.7 Å². The van der Waals surface area contributed by atoms with E-state index in [9.17, 15) is 4.79 Å². The number of benzene rings is 1. The third kappa shape index (κ3) is 3.63. The zero-order chi connectivity index (χ0) is 14.4. The van der Waals surface area contributed by atoms with Crippen LogP contribution in [0.25, 0.3) is 0 Å². The fourth-order valence-electron chi connectivity index (χ4n) is 2.41. The fraction of sp³-hybridized carbons (Fsp3) is 0.533. The lowest BCUT2D eigenvalue weighted by Gasteiger charge is -2.21. The van der Waals surface area contributed by atoms with Crippen molar-refractivity contribution in [3.63, 3.8) is 0 Å². The van der Waals surface area contributed by atoms with Crippen molar-refractivity contribution in [2.24, 2.45) is 0 Å². The minimum Gasteiger partial charge on any atom is -0.497 e. The molecule has 0 radical (unpaired) electrons. The van der Waals surface area contributed by atoms with Crippen LogP contribution in [0, 0.1) is 0 Å². The number of amides is 2. The molecule has 2 amide bonds. The third-order valence-corrected chi connectivity index (χ3v) is 3.52. The Kier molecular flexibility index (Phi) is 5.24. The zero-order valence-electron chi connectivity index (χ0n) is 12.1. The van der Waals surface area contributed by atoms with Gasteiger partial charge in [-0.2, -0.15) is 0 Å². The molecule has 110 valence electrons. The van der Waals surface area contributed by atoms with Gasteiger partial charge in [-0.25, -0.2) is 4.79 Å². The lowest BCUT2D eigenvalue weighted by atomic mass is 10.0. The second-order valence-electron chi connectivity index (χ2n) is 4.88. The Bertz CT molecular complexity index is 462. The number of carbonyl (C=O) groups excluding carboxylic acids is 1. The third-order valence-electron chi connectivity index (χ3n) is 3.52. The second-order valence-corrected chi connectivity index (χ2v) is 4.88. The summed E-state index contributed by atoms with van der Waals surface area (Å²) in [6.07, 6.45) is 1.95. The Labute approximate surface area is 119 Å². The molecule has 0 fully saturated rings. The van der Waals surface area contributed by atoms with Crippen molar-refractivity contribution in [1.29, 1.82) is 0 Å². The molecular formula is C15H22N2O3. The zero-order valence-corrected chi connectivity index (χ0v) is 12.1. The fourth-order valence-corrected chi connectivity index (χ4v) is 2.41. The molecule has 1 aromatic carbocycles. The SMILES string of the molecule is COCCNC(=O)N1CCCc2cc(OC)ccc2C1. The number of urea groups is 1. The number of nitrogens with zero attached hydrogens (tertiary/aromatic N) is 1. The van der Waals surface area contributed by atoms with Gasteiger partial charge in [-0.3, -0.25) is 0 Å². The van der Waals surface area contributed by atoms with E-state index in [1.54, 1.807) is 14.2 Å². The molecular weight excluding hydrogens is 256 g/mol. The molecule has 0 atom stereocenters. The summed E-state index contributed by atoms with van der Waals surface area (Å²) in [5, 5.41) is 2.87. The van der Waals surface area contributed by atoms with Gasteiger partial charge in [0.25, 0.3) is 0 Å². The molecule has 0 unspecified atom stereocenters. The molecule has 1 heterocycles. The number of rotatable bonds is 4. The van der Waals surface area contributed by atoms with E-state index in [0.717, 1.165) is 25.1 Å². The molecule has 0 bridgehead atoms. The van der Waals surface area contributed by atoms with Crippen LogP contribution in [0.4, 0.5) is 4.79 Å². The normalized spacial score (nSPS) is 14.4. The van der Waals surface area contributed by atoms with Gasteiger partial charge in [-0.05, 0) is 36.1 Å². The van der Waals surface area contributed by atoms with Crippen LogP contribution in [0.1, 0.15) is 17.5 Å². The molecule has 0 aromatic heterocycles. The van der Waals surface area contributed by atoms with E-state index < -0.39 is 0 Å². The van der Waals surface area contributed by atoms with Crippen molar-refractivity contribution < 1.29 is 14.3 Å². The van der Waals surface area contributed by atoms with Gasteiger partial charge in [-0.15, -0.1) is 0 Å². The largest absolute Gasteiger partial charge is 0.497 e. The van der Waals surface area contributed by atoms with Gasteiger partial charge in [0.15, 0.2) is 0 Å². The van der Waals surface area contributed by atoms with Gasteiger partial charge in [0.1, 0.15) is 5.75 Å². The first kappa shape index (κ1) is 14.7. The average Bonchev–Trinajstić information content (AvgIpc) is 2.68. The van der Waals surface area contributed by atoms with Crippen LogP contribution in [-0.2, 0) is 17.7 Å². The van der Waals surface area contributed by atoms with E-state index in [1.165, 1.54) is 11.1 Å². The van der Waals surface area contributed by atoms with Crippen LogP contribution in [0.2, 0.25) is 0 Å². The van der Waals surface area contributed by atoms with Gasteiger partial charge in [-0.1, -0.05) is 6.07 Å². The summed E-state index contributed by atoms with van der Waals surface area (Å²) in [5.74, 6) is 0.877. The average molecular weight is 278 g/mol. The molecule has 2 rings (SSSR count). The number of hydrogen-bond acceptors (Lipinski definition) is 3. The van der Waals surface area contributed by atoms with E-state index in [4.69, 9.17) is 9.47 Å². The minimum atomic E-state index is -0.0225. The highest BCUT2D eigenvalue weighted by molar-refractivity contribution is 5.74. The number of ether oxygens (including phenoxy) is 2. The number of nitrogens with one attached hydrogen (secondary N) is 1. The van der Waals surface area contributed by atoms with E-state index in [1.807, 2.05) is 11.0 Å². The summed E-state index contributed by atoms with van der Waals surface area (Å²) >= 11 is 0. The van der Waals surface area contributed by atoms with Crippen LogP contribution >= 0.6 is 0 Å². The summed E-state index contributed by atoms with van der Waals surface area (Å²) in [5.41, 5.74) is 2.47. The van der Waals surface area contributed by atoms with E-state index in [2.05, 4.69) is 17.4 Å². The highest BCUT2D eigenvalue weighted by atomic mass is 16.5. The molecule has 1 aliphatic rings. The molecule has 1 aliphatic heterocycles. The monoisotopic (exact) mass is 278 g/mol. The Balaban J connectivity index is 2.02. The van der Waals surface area contributed by atoms with Crippen LogP contribution < -0.4 is 10.1 Å². The first-order valence-corrected chi connectivity index (χ1v) is 6.92. The van der Waals surface area contributed by atoms with Crippen LogP contribution in [-0.4, -0.2) is 44.8 Å². The number of methoxy groups -OCH3 is 2.